The van der Waals surface area contributed by atoms with Crippen LogP contribution >= 0.6 is 9.39 Å². The van der Waals surface area contributed by atoms with Gasteiger partial charge in [-0.2, -0.15) is 4.98 Å². The molecule has 0 aliphatic carbocycles. The van der Waals surface area contributed by atoms with Gasteiger partial charge in [-0.15, -0.1) is 0 Å². The minimum Gasteiger partial charge on any atom is -0.390 e. The summed E-state index contributed by atoms with van der Waals surface area (Å²) in [7, 11) is 2.38. The summed E-state index contributed by atoms with van der Waals surface area (Å²) in [6, 6.07) is 1.89. The van der Waals surface area contributed by atoms with Crippen LogP contribution in [0.2, 0.25) is 0 Å². The van der Waals surface area contributed by atoms with Crippen LogP contribution in [0.15, 0.2) is 12.3 Å². The number of nitrogens with one attached hydrogen (secondary N) is 1. The first-order valence-electron chi connectivity index (χ1n) is 5.38. The summed E-state index contributed by atoms with van der Waals surface area (Å²) in [5.74, 6) is 1.51. The van der Waals surface area contributed by atoms with Gasteiger partial charge >= 0.3 is 0 Å². The van der Waals surface area contributed by atoms with Gasteiger partial charge in [0.25, 0.3) is 0 Å². The fourth-order valence-corrected chi connectivity index (χ4v) is 1.95. The van der Waals surface area contributed by atoms with E-state index in [0.717, 1.165) is 31.7 Å². The summed E-state index contributed by atoms with van der Waals surface area (Å²) < 4.78 is 0. The highest BCUT2D eigenvalue weighted by atomic mass is 31.0. The molecule has 0 aromatic carbocycles. The lowest BCUT2D eigenvalue weighted by Crippen LogP contribution is -2.42. The minimum absolute atomic E-state index is 0.523. The van der Waals surface area contributed by atoms with E-state index in [1.165, 1.54) is 0 Å². The molecule has 0 saturated carbocycles. The molecule has 1 fully saturated rings. The highest BCUT2D eigenvalue weighted by Crippen LogP contribution is 2.24. The molecule has 2 heterocycles. The fourth-order valence-electron chi connectivity index (χ4n) is 1.81. The van der Waals surface area contributed by atoms with E-state index in [-0.39, 0.29) is 0 Å². The van der Waals surface area contributed by atoms with Crippen molar-refractivity contribution in [1.82, 2.24) is 9.97 Å². The van der Waals surface area contributed by atoms with Crippen molar-refractivity contribution >= 4 is 21.2 Å². The van der Waals surface area contributed by atoms with Crippen molar-refractivity contribution in [1.29, 1.82) is 0 Å². The summed E-state index contributed by atoms with van der Waals surface area (Å²) in [6.07, 6.45) is 3.29. The van der Waals surface area contributed by atoms with Crippen LogP contribution in [0.25, 0.3) is 0 Å². The molecule has 1 saturated heterocycles. The maximum Gasteiger partial charge on any atom is 0.227 e. The van der Waals surface area contributed by atoms with Gasteiger partial charge in [-0.1, -0.05) is 0 Å². The highest BCUT2D eigenvalue weighted by molar-refractivity contribution is 7.18. The van der Waals surface area contributed by atoms with Gasteiger partial charge in [-0.05, 0) is 35.2 Å². The Kier molecular flexibility index (Phi) is 3.26. The van der Waals surface area contributed by atoms with Gasteiger partial charge in [0.15, 0.2) is 0 Å². The third-order valence-electron chi connectivity index (χ3n) is 2.93. The van der Waals surface area contributed by atoms with Crippen LogP contribution in [-0.4, -0.2) is 33.8 Å². The second kappa shape index (κ2) is 4.52. The molecule has 5 nitrogen and oxygen atoms in total. The molecule has 16 heavy (non-hydrogen) atoms. The van der Waals surface area contributed by atoms with E-state index in [9.17, 15) is 5.11 Å². The summed E-state index contributed by atoms with van der Waals surface area (Å²) in [5.41, 5.74) is -0.523. The molecule has 0 amide bonds. The first-order valence-corrected chi connectivity index (χ1v) is 5.95. The lowest BCUT2D eigenvalue weighted by atomic mass is 9.94. The molecule has 1 unspecified atom stereocenters. The normalized spacial score (nSPS) is 19.6. The maximum absolute atomic E-state index is 9.86. The zero-order valence-electron chi connectivity index (χ0n) is 9.35. The van der Waals surface area contributed by atoms with E-state index in [4.69, 9.17) is 0 Å². The van der Waals surface area contributed by atoms with E-state index in [1.807, 2.05) is 13.0 Å². The molecule has 0 spiro atoms. The summed E-state index contributed by atoms with van der Waals surface area (Å²) in [5, 5.41) is 12.7. The smallest absolute Gasteiger partial charge is 0.227 e. The molecule has 2 rings (SSSR count). The van der Waals surface area contributed by atoms with Crippen molar-refractivity contribution in [3.63, 3.8) is 0 Å². The van der Waals surface area contributed by atoms with Crippen LogP contribution < -0.4 is 9.99 Å². The predicted octanol–water partition coefficient (Wildman–Crippen LogP) is 1.03. The molecule has 2 N–H and O–H groups in total. The Balaban J connectivity index is 2.08. The van der Waals surface area contributed by atoms with Crippen molar-refractivity contribution in [2.24, 2.45) is 0 Å². The second-order valence-electron chi connectivity index (χ2n) is 4.37. The Morgan fingerprint density at radius 1 is 1.50 bits per heavy atom. The molecule has 88 valence electrons. The third kappa shape index (κ3) is 2.60. The van der Waals surface area contributed by atoms with E-state index >= 15 is 0 Å². The lowest BCUT2D eigenvalue weighted by Gasteiger charge is -2.36. The van der Waals surface area contributed by atoms with Crippen LogP contribution in [0.1, 0.15) is 19.8 Å². The first kappa shape index (κ1) is 11.6. The SMILES string of the molecule is CC1(O)CCN(c2ccnc(NP)n2)CC1. The van der Waals surface area contributed by atoms with Gasteiger partial charge in [0, 0.05) is 19.3 Å². The van der Waals surface area contributed by atoms with Gasteiger partial charge in [0.05, 0.1) is 5.60 Å². The van der Waals surface area contributed by atoms with Gasteiger partial charge < -0.3 is 15.1 Å². The third-order valence-corrected chi connectivity index (χ3v) is 3.19. The van der Waals surface area contributed by atoms with Crippen LogP contribution in [0.3, 0.4) is 0 Å². The van der Waals surface area contributed by atoms with Gasteiger partial charge in [-0.3, -0.25) is 0 Å². The molecule has 0 radical (unpaired) electrons. The Hall–Kier alpha value is -0.930. The highest BCUT2D eigenvalue weighted by Gasteiger charge is 2.27. The molecule has 1 atom stereocenters. The first-order chi connectivity index (χ1) is 7.61. The molecule has 1 aliphatic rings. The monoisotopic (exact) mass is 240 g/mol. The quantitative estimate of drug-likeness (QED) is 0.756. The van der Waals surface area contributed by atoms with Crippen molar-refractivity contribution in [3.05, 3.63) is 12.3 Å². The number of piperidine rings is 1. The van der Waals surface area contributed by atoms with E-state index in [0.29, 0.717) is 5.95 Å². The molecule has 0 bridgehead atoms. The number of hydrogen-bond donors (Lipinski definition) is 2. The van der Waals surface area contributed by atoms with Gasteiger partial charge in [0.1, 0.15) is 5.82 Å². The number of rotatable bonds is 2. The number of anilines is 2. The average Bonchev–Trinajstić information content (AvgIpc) is 2.29. The van der Waals surface area contributed by atoms with E-state index < -0.39 is 5.60 Å². The Labute approximate surface area is 97.5 Å². The van der Waals surface area contributed by atoms with Gasteiger partial charge in [-0.25, -0.2) is 4.98 Å². The van der Waals surface area contributed by atoms with Crippen LogP contribution in [0, 0.1) is 0 Å². The Morgan fingerprint density at radius 3 is 2.81 bits per heavy atom. The number of nitrogens with zero attached hydrogens (tertiary/aromatic N) is 3. The molecular weight excluding hydrogens is 223 g/mol. The van der Waals surface area contributed by atoms with Crippen molar-refractivity contribution in [3.8, 4) is 0 Å². The van der Waals surface area contributed by atoms with E-state index in [2.05, 4.69) is 29.3 Å². The number of aliphatic hydroxyl groups is 1. The van der Waals surface area contributed by atoms with Crippen LogP contribution in [0.4, 0.5) is 11.8 Å². The van der Waals surface area contributed by atoms with Crippen molar-refractivity contribution < 1.29 is 5.11 Å². The summed E-state index contributed by atoms with van der Waals surface area (Å²) in [4.78, 5) is 10.6. The average molecular weight is 240 g/mol. The summed E-state index contributed by atoms with van der Waals surface area (Å²) in [6.45, 7) is 3.56. The number of aromatic nitrogens is 2. The zero-order chi connectivity index (χ0) is 11.6. The topological polar surface area (TPSA) is 61.3 Å². The summed E-state index contributed by atoms with van der Waals surface area (Å²) >= 11 is 0. The lowest BCUT2D eigenvalue weighted by molar-refractivity contribution is 0.0350. The van der Waals surface area contributed by atoms with E-state index in [1.54, 1.807) is 6.20 Å². The molecule has 1 aromatic rings. The fraction of sp³-hybridized carbons (Fsp3) is 0.600. The maximum atomic E-state index is 9.86. The molecule has 1 aromatic heterocycles. The van der Waals surface area contributed by atoms with Crippen molar-refractivity contribution in [2.45, 2.75) is 25.4 Å². The predicted molar refractivity (Wildman–Crippen MR) is 67.4 cm³/mol. The molecular formula is C10H17N4OP. The zero-order valence-corrected chi connectivity index (χ0v) is 10.5. The second-order valence-corrected chi connectivity index (χ2v) is 4.66. The largest absolute Gasteiger partial charge is 0.390 e. The van der Waals surface area contributed by atoms with Crippen LogP contribution in [-0.2, 0) is 0 Å². The Morgan fingerprint density at radius 2 is 2.19 bits per heavy atom. The van der Waals surface area contributed by atoms with Crippen molar-refractivity contribution in [2.75, 3.05) is 23.1 Å². The standard InChI is InChI=1S/C10H17N4OP/c1-10(15)3-6-14(7-4-10)8-2-5-11-9(12-8)13-16/h2,5,15H,3-4,6-7,16H2,1H3,(H,11,12,13). The Bertz CT molecular complexity index is 362. The molecule has 6 heteroatoms. The molecule has 1 aliphatic heterocycles. The minimum atomic E-state index is -0.523. The van der Waals surface area contributed by atoms with Crippen LogP contribution in [0.5, 0.6) is 0 Å². The number of hydrogen-bond acceptors (Lipinski definition) is 5. The van der Waals surface area contributed by atoms with Gasteiger partial charge in [0.2, 0.25) is 5.95 Å².